The van der Waals surface area contributed by atoms with Crippen molar-refractivity contribution in [2.75, 3.05) is 5.33 Å². The van der Waals surface area contributed by atoms with Crippen LogP contribution in [0.2, 0.25) is 0 Å². The Hall–Kier alpha value is 0.0800. The molecule has 0 heterocycles. The number of hydrogen-bond acceptors (Lipinski definition) is 1. The van der Waals surface area contributed by atoms with Crippen molar-refractivity contribution in [2.24, 2.45) is 0 Å². The van der Waals surface area contributed by atoms with Crippen molar-refractivity contribution in [1.82, 2.24) is 0 Å². The number of alkyl halides is 1. The molecule has 0 atom stereocenters. The molecule has 0 saturated heterocycles. The summed E-state index contributed by atoms with van der Waals surface area (Å²) in [4.78, 5) is 9.73. The Balaban J connectivity index is 2.83. The maximum atomic E-state index is 11.5. The first-order valence-electron chi connectivity index (χ1n) is 3.01. The highest BCUT2D eigenvalue weighted by molar-refractivity contribution is 9.09. The fourth-order valence-electron chi connectivity index (χ4n) is 0.535. The van der Waals surface area contributed by atoms with Crippen LogP contribution in [0.1, 0.15) is 25.7 Å². The Morgan fingerprint density at radius 1 is 1.33 bits per heavy atom. The van der Waals surface area contributed by atoms with E-state index >= 15 is 0 Å². The van der Waals surface area contributed by atoms with Gasteiger partial charge in [-0.25, -0.2) is 0 Å². The average molecular weight is 197 g/mol. The Kier molecular flexibility index (Phi) is 6.26. The lowest BCUT2D eigenvalue weighted by Gasteiger charge is -1.91. The number of carbonyl (C=O) groups excluding carboxylic acids is 1. The largest absolute Gasteiger partial charge is 0.301 e. The summed E-state index contributed by atoms with van der Waals surface area (Å²) in [6.07, 6.45) is 2.72. The van der Waals surface area contributed by atoms with Crippen LogP contribution < -0.4 is 0 Å². The molecule has 0 aliphatic rings. The average Bonchev–Trinajstić information content (AvgIpc) is 1.80. The van der Waals surface area contributed by atoms with Crippen molar-refractivity contribution in [3.05, 3.63) is 0 Å². The minimum atomic E-state index is -1.19. The van der Waals surface area contributed by atoms with Crippen LogP contribution in [0.15, 0.2) is 0 Å². The van der Waals surface area contributed by atoms with Crippen LogP contribution in [0.3, 0.4) is 0 Å². The quantitative estimate of drug-likeness (QED) is 0.375. The zero-order valence-corrected chi connectivity index (χ0v) is 6.79. The summed E-state index contributed by atoms with van der Waals surface area (Å²) in [6.45, 7) is 0. The lowest BCUT2D eigenvalue weighted by Crippen LogP contribution is -1.87. The van der Waals surface area contributed by atoms with E-state index in [1.165, 1.54) is 0 Å². The van der Waals surface area contributed by atoms with Gasteiger partial charge >= 0.3 is 6.04 Å². The normalized spacial score (nSPS) is 9.56. The maximum absolute atomic E-state index is 11.5. The van der Waals surface area contributed by atoms with E-state index in [-0.39, 0.29) is 6.42 Å². The molecule has 0 unspecified atom stereocenters. The van der Waals surface area contributed by atoms with Gasteiger partial charge in [0.1, 0.15) is 0 Å². The third-order valence-electron chi connectivity index (χ3n) is 1.01. The van der Waals surface area contributed by atoms with Crippen LogP contribution in [-0.4, -0.2) is 11.4 Å². The number of rotatable bonds is 5. The van der Waals surface area contributed by atoms with Crippen LogP contribution in [0.5, 0.6) is 0 Å². The monoisotopic (exact) mass is 196 g/mol. The molecule has 0 radical (unpaired) electrons. The summed E-state index contributed by atoms with van der Waals surface area (Å²) in [5, 5.41) is 0.938. The number of unbranched alkanes of at least 4 members (excludes halogenated alkanes) is 2. The summed E-state index contributed by atoms with van der Waals surface area (Å²) in [7, 11) is 0. The van der Waals surface area contributed by atoms with Gasteiger partial charge in [-0.1, -0.05) is 22.4 Å². The first-order valence-corrected chi connectivity index (χ1v) is 4.14. The van der Waals surface area contributed by atoms with Crippen molar-refractivity contribution in [3.63, 3.8) is 0 Å². The van der Waals surface area contributed by atoms with Crippen LogP contribution in [0, 0.1) is 0 Å². The van der Waals surface area contributed by atoms with E-state index in [2.05, 4.69) is 15.9 Å². The SMILES string of the molecule is O=C(F)CCCCCBr. The summed E-state index contributed by atoms with van der Waals surface area (Å²) in [6, 6.07) is -1.19. The molecular formula is C6H10BrFO. The molecule has 0 aliphatic carbocycles. The van der Waals surface area contributed by atoms with Crippen molar-refractivity contribution in [3.8, 4) is 0 Å². The lowest BCUT2D eigenvalue weighted by atomic mass is 10.2. The van der Waals surface area contributed by atoms with Gasteiger partial charge in [0.25, 0.3) is 0 Å². The van der Waals surface area contributed by atoms with Crippen molar-refractivity contribution in [2.45, 2.75) is 25.7 Å². The number of carbonyl (C=O) groups is 1. The second-order valence-electron chi connectivity index (χ2n) is 1.85. The number of halogens is 2. The molecule has 0 aromatic heterocycles. The van der Waals surface area contributed by atoms with Crippen molar-refractivity contribution < 1.29 is 9.18 Å². The fraction of sp³-hybridized carbons (Fsp3) is 0.833. The summed E-state index contributed by atoms with van der Waals surface area (Å²) >= 11 is 3.24. The van der Waals surface area contributed by atoms with Gasteiger partial charge in [0.05, 0.1) is 0 Å². The Morgan fingerprint density at radius 2 is 2.00 bits per heavy atom. The molecule has 0 rings (SSSR count). The van der Waals surface area contributed by atoms with Gasteiger partial charge in [-0.3, -0.25) is 4.79 Å². The third kappa shape index (κ3) is 8.08. The van der Waals surface area contributed by atoms with Gasteiger partial charge in [0.15, 0.2) is 0 Å². The van der Waals surface area contributed by atoms with Crippen LogP contribution in [-0.2, 0) is 4.79 Å². The summed E-state index contributed by atoms with van der Waals surface area (Å²) in [5.74, 6) is 0. The van der Waals surface area contributed by atoms with E-state index in [9.17, 15) is 9.18 Å². The molecule has 0 aromatic rings. The van der Waals surface area contributed by atoms with Crippen molar-refractivity contribution in [1.29, 1.82) is 0 Å². The van der Waals surface area contributed by atoms with E-state index in [1.54, 1.807) is 0 Å². The van der Waals surface area contributed by atoms with Crippen LogP contribution in [0.4, 0.5) is 4.39 Å². The Morgan fingerprint density at radius 3 is 2.44 bits per heavy atom. The lowest BCUT2D eigenvalue weighted by molar-refractivity contribution is -0.129. The predicted octanol–water partition coefficient (Wildman–Crippen LogP) is 2.44. The highest BCUT2D eigenvalue weighted by Gasteiger charge is 1.95. The van der Waals surface area contributed by atoms with Gasteiger partial charge in [-0.15, -0.1) is 0 Å². The molecule has 9 heavy (non-hydrogen) atoms. The second-order valence-corrected chi connectivity index (χ2v) is 2.65. The maximum Gasteiger partial charge on any atom is 0.301 e. The molecule has 0 saturated carbocycles. The first kappa shape index (κ1) is 9.08. The zero-order chi connectivity index (χ0) is 7.11. The van der Waals surface area contributed by atoms with Gasteiger partial charge in [-0.05, 0) is 12.8 Å². The Labute approximate surface area is 62.8 Å². The van der Waals surface area contributed by atoms with Gasteiger partial charge in [0, 0.05) is 11.8 Å². The highest BCUT2D eigenvalue weighted by Crippen LogP contribution is 2.02. The van der Waals surface area contributed by atoms with E-state index in [1.807, 2.05) is 0 Å². The topological polar surface area (TPSA) is 17.1 Å². The van der Waals surface area contributed by atoms with Crippen LogP contribution >= 0.6 is 15.9 Å². The molecule has 0 aliphatic heterocycles. The van der Waals surface area contributed by atoms with Gasteiger partial charge in [0.2, 0.25) is 0 Å². The molecule has 3 heteroatoms. The summed E-state index contributed by atoms with van der Waals surface area (Å²) < 4.78 is 11.5. The smallest absolute Gasteiger partial charge is 0.261 e. The minimum Gasteiger partial charge on any atom is -0.261 e. The fourth-order valence-corrected chi connectivity index (χ4v) is 0.932. The van der Waals surface area contributed by atoms with Gasteiger partial charge < -0.3 is 0 Å². The molecule has 0 fully saturated rings. The van der Waals surface area contributed by atoms with Gasteiger partial charge in [-0.2, -0.15) is 4.39 Å². The molecule has 0 spiro atoms. The van der Waals surface area contributed by atoms with E-state index < -0.39 is 6.04 Å². The van der Waals surface area contributed by atoms with E-state index in [0.29, 0.717) is 6.42 Å². The van der Waals surface area contributed by atoms with E-state index in [4.69, 9.17) is 0 Å². The molecule has 0 bridgehead atoms. The molecule has 0 aromatic carbocycles. The Bertz CT molecular complexity index is 85.1. The molecule has 0 amide bonds. The highest BCUT2D eigenvalue weighted by atomic mass is 79.9. The predicted molar refractivity (Wildman–Crippen MR) is 38.4 cm³/mol. The van der Waals surface area contributed by atoms with Crippen molar-refractivity contribution >= 4 is 22.0 Å². The third-order valence-corrected chi connectivity index (χ3v) is 1.57. The second kappa shape index (κ2) is 6.20. The molecule has 0 N–H and O–H groups in total. The molecular weight excluding hydrogens is 187 g/mol. The first-order chi connectivity index (χ1) is 4.27. The van der Waals surface area contributed by atoms with Crippen LogP contribution in [0.25, 0.3) is 0 Å². The summed E-state index contributed by atoms with van der Waals surface area (Å²) in [5.41, 5.74) is 0. The standard InChI is InChI=1S/C6H10BrFO/c7-5-3-1-2-4-6(8)9/h1-5H2. The van der Waals surface area contributed by atoms with E-state index in [0.717, 1.165) is 18.2 Å². The minimum absolute atomic E-state index is 0.0903. The molecule has 1 nitrogen and oxygen atoms in total. The molecule has 54 valence electrons. The number of hydrogen-bond donors (Lipinski definition) is 0. The zero-order valence-electron chi connectivity index (χ0n) is 5.20.